The average Bonchev–Trinajstić information content (AvgIpc) is 3.04. The van der Waals surface area contributed by atoms with E-state index in [1.54, 1.807) is 18.2 Å². The number of anilines is 1. The lowest BCUT2D eigenvalue weighted by molar-refractivity contribution is -0.387. The van der Waals surface area contributed by atoms with Gasteiger partial charge in [0.1, 0.15) is 0 Å². The molecule has 1 fully saturated rings. The summed E-state index contributed by atoms with van der Waals surface area (Å²) < 4.78 is 0.436. The minimum atomic E-state index is -0.397. The number of nitro benzene ring substituents is 1. The van der Waals surface area contributed by atoms with Gasteiger partial charge in [0.25, 0.3) is 11.6 Å². The Morgan fingerprint density at radius 3 is 2.25 bits per heavy atom. The maximum Gasteiger partial charge on any atom is 0.283 e. The Labute approximate surface area is 199 Å². The van der Waals surface area contributed by atoms with Crippen LogP contribution in [0.3, 0.4) is 0 Å². The number of aryl methyl sites for hydroxylation is 2. The highest BCUT2D eigenvalue weighted by Crippen LogP contribution is 2.38. The van der Waals surface area contributed by atoms with Gasteiger partial charge in [-0.25, -0.2) is 0 Å². The van der Waals surface area contributed by atoms with Crippen molar-refractivity contribution in [3.8, 4) is 0 Å². The van der Waals surface area contributed by atoms with Crippen LogP contribution in [0, 0.1) is 24.0 Å². The lowest BCUT2D eigenvalue weighted by Crippen LogP contribution is -2.27. The summed E-state index contributed by atoms with van der Waals surface area (Å²) in [6.07, 6.45) is 1.65. The SMILES string of the molecule is Cc1ccc(Sc2ccc(/C=C3/SC(=S)N(c4ccc(C)cc4)C3=O)cc2[N+](=O)[O-])cc1. The first-order valence-corrected chi connectivity index (χ1v) is 11.7. The lowest BCUT2D eigenvalue weighted by atomic mass is 10.1. The number of nitro groups is 1. The predicted molar refractivity (Wildman–Crippen MR) is 135 cm³/mol. The molecule has 0 unspecified atom stereocenters. The Balaban J connectivity index is 1.62. The molecule has 0 saturated carbocycles. The van der Waals surface area contributed by atoms with Gasteiger partial charge in [0.15, 0.2) is 4.32 Å². The quantitative estimate of drug-likeness (QED) is 0.175. The van der Waals surface area contributed by atoms with Crippen molar-refractivity contribution >= 4 is 63.4 Å². The monoisotopic (exact) mass is 478 g/mol. The van der Waals surface area contributed by atoms with Gasteiger partial charge >= 0.3 is 0 Å². The summed E-state index contributed by atoms with van der Waals surface area (Å²) in [4.78, 5) is 27.7. The number of hydrogen-bond acceptors (Lipinski definition) is 6. The second-order valence-corrected chi connectivity index (χ2v) is 10.0. The molecule has 1 amide bonds. The Hall–Kier alpha value is -2.94. The Kier molecular flexibility index (Phi) is 6.45. The fourth-order valence-corrected chi connectivity index (χ4v) is 5.32. The molecule has 0 N–H and O–H groups in total. The van der Waals surface area contributed by atoms with Crippen LogP contribution in [0.1, 0.15) is 16.7 Å². The number of thioether (sulfide) groups is 1. The number of thiocarbonyl (C=S) groups is 1. The molecule has 0 spiro atoms. The van der Waals surface area contributed by atoms with Crippen LogP contribution in [-0.4, -0.2) is 15.2 Å². The van der Waals surface area contributed by atoms with Crippen LogP contribution in [0.4, 0.5) is 11.4 Å². The standard InChI is InChI=1S/C24H18N2O3S3/c1-15-3-8-18(9-4-15)25-23(27)22(32-24(25)30)14-17-7-12-21(20(13-17)26(28)29)31-19-10-5-16(2)6-11-19/h3-14H,1-2H3/b22-14+. The summed E-state index contributed by atoms with van der Waals surface area (Å²) in [5.41, 5.74) is 3.50. The van der Waals surface area contributed by atoms with Crippen LogP contribution >= 0.6 is 35.7 Å². The van der Waals surface area contributed by atoms with Crippen molar-refractivity contribution in [3.63, 3.8) is 0 Å². The second kappa shape index (κ2) is 9.28. The molecule has 0 atom stereocenters. The molecule has 1 heterocycles. The molecule has 3 aromatic rings. The van der Waals surface area contributed by atoms with Crippen molar-refractivity contribution in [1.82, 2.24) is 0 Å². The van der Waals surface area contributed by atoms with Gasteiger partial charge in [-0.3, -0.25) is 19.8 Å². The highest BCUT2D eigenvalue weighted by Gasteiger charge is 2.33. The van der Waals surface area contributed by atoms with Crippen LogP contribution in [0.2, 0.25) is 0 Å². The number of rotatable bonds is 5. The smallest absolute Gasteiger partial charge is 0.268 e. The minimum absolute atomic E-state index is 0.00154. The zero-order chi connectivity index (χ0) is 22.8. The van der Waals surface area contributed by atoms with Gasteiger partial charge in [-0.05, 0) is 55.8 Å². The fourth-order valence-electron chi connectivity index (χ4n) is 3.12. The third kappa shape index (κ3) is 4.77. The predicted octanol–water partition coefficient (Wildman–Crippen LogP) is 6.77. The zero-order valence-electron chi connectivity index (χ0n) is 17.3. The van der Waals surface area contributed by atoms with E-state index >= 15 is 0 Å². The van der Waals surface area contributed by atoms with E-state index in [0.29, 0.717) is 25.4 Å². The van der Waals surface area contributed by atoms with Crippen molar-refractivity contribution in [2.45, 2.75) is 23.6 Å². The fraction of sp³-hybridized carbons (Fsp3) is 0.0833. The largest absolute Gasteiger partial charge is 0.283 e. The van der Waals surface area contributed by atoms with Gasteiger partial charge in [-0.15, -0.1) is 0 Å². The van der Waals surface area contributed by atoms with Crippen LogP contribution in [0.25, 0.3) is 6.08 Å². The van der Waals surface area contributed by atoms with Gasteiger partial charge in [-0.1, -0.05) is 77.2 Å². The maximum atomic E-state index is 13.0. The maximum absolute atomic E-state index is 13.0. The topological polar surface area (TPSA) is 63.5 Å². The van der Waals surface area contributed by atoms with Gasteiger partial charge in [0.05, 0.1) is 20.4 Å². The number of hydrogen-bond donors (Lipinski definition) is 0. The van der Waals surface area contributed by atoms with Crippen molar-refractivity contribution < 1.29 is 9.72 Å². The first-order valence-electron chi connectivity index (χ1n) is 9.69. The van der Waals surface area contributed by atoms with Crippen molar-refractivity contribution in [3.05, 3.63) is 98.4 Å². The Bertz CT molecular complexity index is 1250. The summed E-state index contributed by atoms with van der Waals surface area (Å²) in [6.45, 7) is 3.97. The van der Waals surface area contributed by atoms with Crippen LogP contribution in [0.15, 0.2) is 81.4 Å². The summed E-state index contributed by atoms with van der Waals surface area (Å²) in [6, 6.07) is 20.4. The summed E-state index contributed by atoms with van der Waals surface area (Å²) in [5.74, 6) is -0.232. The van der Waals surface area contributed by atoms with Crippen LogP contribution < -0.4 is 4.90 Å². The van der Waals surface area contributed by atoms with E-state index in [9.17, 15) is 14.9 Å². The van der Waals surface area contributed by atoms with E-state index in [4.69, 9.17) is 12.2 Å². The van der Waals surface area contributed by atoms with Gasteiger partial charge in [0.2, 0.25) is 0 Å². The second-order valence-electron chi connectivity index (χ2n) is 7.25. The zero-order valence-corrected chi connectivity index (χ0v) is 19.7. The van der Waals surface area contributed by atoms with E-state index in [-0.39, 0.29) is 11.6 Å². The Morgan fingerprint density at radius 2 is 1.62 bits per heavy atom. The van der Waals surface area contributed by atoms with Crippen LogP contribution in [-0.2, 0) is 4.79 Å². The average molecular weight is 479 g/mol. The molecule has 1 aliphatic heterocycles. The Morgan fingerprint density at radius 1 is 1.00 bits per heavy atom. The number of carbonyl (C=O) groups is 1. The summed E-state index contributed by atoms with van der Waals surface area (Å²) >= 11 is 7.94. The minimum Gasteiger partial charge on any atom is -0.268 e. The first-order chi connectivity index (χ1) is 15.3. The van der Waals surface area contributed by atoms with E-state index < -0.39 is 4.92 Å². The molecule has 5 nitrogen and oxygen atoms in total. The molecule has 1 saturated heterocycles. The molecule has 8 heteroatoms. The molecular weight excluding hydrogens is 460 g/mol. The number of benzene rings is 3. The van der Waals surface area contributed by atoms with Gasteiger partial charge in [-0.2, -0.15) is 0 Å². The lowest BCUT2D eigenvalue weighted by Gasteiger charge is -2.14. The third-order valence-electron chi connectivity index (χ3n) is 4.81. The molecular formula is C24H18N2O3S3. The van der Waals surface area contributed by atoms with E-state index in [1.165, 1.54) is 34.5 Å². The highest BCUT2D eigenvalue weighted by atomic mass is 32.2. The molecule has 0 aliphatic carbocycles. The van der Waals surface area contributed by atoms with Crippen molar-refractivity contribution in [2.24, 2.45) is 0 Å². The molecule has 3 aromatic carbocycles. The van der Waals surface area contributed by atoms with Crippen molar-refractivity contribution in [2.75, 3.05) is 4.90 Å². The molecule has 160 valence electrons. The van der Waals surface area contributed by atoms with Crippen LogP contribution in [0.5, 0.6) is 0 Å². The molecule has 4 rings (SSSR count). The first kappa shape index (κ1) is 22.3. The summed E-state index contributed by atoms with van der Waals surface area (Å²) in [5, 5.41) is 11.7. The normalized spacial score (nSPS) is 14.9. The number of carbonyl (C=O) groups excluding carboxylic acids is 1. The third-order valence-corrected chi connectivity index (χ3v) is 7.19. The number of amides is 1. The summed E-state index contributed by atoms with van der Waals surface area (Å²) in [7, 11) is 0. The molecule has 32 heavy (non-hydrogen) atoms. The number of nitrogens with zero attached hydrogens (tertiary/aromatic N) is 2. The van der Waals surface area contributed by atoms with Gasteiger partial charge < -0.3 is 0 Å². The van der Waals surface area contributed by atoms with E-state index in [2.05, 4.69) is 0 Å². The molecule has 0 radical (unpaired) electrons. The molecule has 0 bridgehead atoms. The van der Waals surface area contributed by atoms with E-state index in [0.717, 1.165) is 16.0 Å². The van der Waals surface area contributed by atoms with E-state index in [1.807, 2.05) is 62.4 Å². The molecule has 0 aromatic heterocycles. The molecule has 1 aliphatic rings. The van der Waals surface area contributed by atoms with Crippen molar-refractivity contribution in [1.29, 1.82) is 0 Å². The highest BCUT2D eigenvalue weighted by molar-refractivity contribution is 8.27. The van der Waals surface area contributed by atoms with Gasteiger partial charge in [0, 0.05) is 11.0 Å².